The van der Waals surface area contributed by atoms with Crippen molar-refractivity contribution >= 4 is 23.3 Å². The summed E-state index contributed by atoms with van der Waals surface area (Å²) < 4.78 is 5.85. The van der Waals surface area contributed by atoms with E-state index >= 15 is 0 Å². The molecule has 1 aromatic carbocycles. The van der Waals surface area contributed by atoms with Crippen LogP contribution in [0.25, 0.3) is 0 Å². The molecule has 0 bridgehead atoms. The number of nitrogens with one attached hydrogen (secondary N) is 3. The molecule has 6 N–H and O–H groups in total. The summed E-state index contributed by atoms with van der Waals surface area (Å²) in [6.07, 6.45) is 1.75. The number of benzene rings is 1. The van der Waals surface area contributed by atoms with E-state index in [9.17, 15) is 9.59 Å². The highest BCUT2D eigenvalue weighted by molar-refractivity contribution is 6.02. The topological polar surface area (TPSA) is 126 Å². The molecule has 0 radical (unpaired) electrons. The molecule has 0 aliphatic carbocycles. The van der Waals surface area contributed by atoms with Crippen molar-refractivity contribution in [1.82, 2.24) is 5.32 Å². The van der Waals surface area contributed by atoms with E-state index in [0.717, 1.165) is 25.1 Å². The predicted octanol–water partition coefficient (Wildman–Crippen LogP) is 1.05. The minimum Gasteiger partial charge on any atom is -0.493 e. The second-order valence-corrected chi connectivity index (χ2v) is 6.20. The number of hydrogen-bond donors (Lipinski definition) is 5. The largest absolute Gasteiger partial charge is 0.493 e. The summed E-state index contributed by atoms with van der Waals surface area (Å²) in [4.78, 5) is 22.8. The molecule has 1 aromatic rings. The van der Waals surface area contributed by atoms with Gasteiger partial charge in [-0.3, -0.25) is 4.79 Å². The smallest absolute Gasteiger partial charge is 0.316 e. The second kappa shape index (κ2) is 9.24. The number of aliphatic hydroxyl groups excluding tert-OH is 1. The zero-order valence-electron chi connectivity index (χ0n) is 14.4. The molecule has 1 heterocycles. The number of nitrogens with two attached hydrogens (primary N) is 1. The van der Waals surface area contributed by atoms with Crippen molar-refractivity contribution in [2.24, 2.45) is 11.7 Å². The Morgan fingerprint density at radius 3 is 2.96 bits per heavy atom. The summed E-state index contributed by atoms with van der Waals surface area (Å²) in [5.41, 5.74) is 7.07. The third-order valence-electron chi connectivity index (χ3n) is 3.95. The van der Waals surface area contributed by atoms with Crippen LogP contribution >= 0.6 is 0 Å². The van der Waals surface area contributed by atoms with E-state index in [2.05, 4.69) is 16.0 Å². The molecule has 1 unspecified atom stereocenters. The molecule has 8 nitrogen and oxygen atoms in total. The summed E-state index contributed by atoms with van der Waals surface area (Å²) in [6, 6.07) is 2.77. The third-order valence-corrected chi connectivity index (χ3v) is 3.95. The van der Waals surface area contributed by atoms with Gasteiger partial charge in [0.1, 0.15) is 5.75 Å². The van der Waals surface area contributed by atoms with Gasteiger partial charge in [-0.05, 0) is 44.0 Å². The molecule has 0 saturated heterocycles. The molecular formula is C17H26N4O4. The summed E-state index contributed by atoms with van der Waals surface area (Å²) in [5.74, 6) is 0.843. The number of fused-ring (bicyclic) bond motifs is 1. The van der Waals surface area contributed by atoms with Gasteiger partial charge in [0.15, 0.2) is 0 Å². The van der Waals surface area contributed by atoms with Gasteiger partial charge in [0, 0.05) is 18.6 Å². The number of anilines is 2. The van der Waals surface area contributed by atoms with Gasteiger partial charge < -0.3 is 31.5 Å². The maximum atomic E-state index is 11.7. The maximum Gasteiger partial charge on any atom is 0.316 e. The number of amides is 3. The van der Waals surface area contributed by atoms with Crippen molar-refractivity contribution in [2.75, 3.05) is 36.9 Å². The van der Waals surface area contributed by atoms with Crippen LogP contribution in [0.2, 0.25) is 0 Å². The van der Waals surface area contributed by atoms with Crippen LogP contribution in [0.3, 0.4) is 0 Å². The number of rotatable bonds is 9. The Bertz CT molecular complexity index is 621. The summed E-state index contributed by atoms with van der Waals surface area (Å²) in [5, 5.41) is 17.5. The molecule has 0 fully saturated rings. The Hall–Kier alpha value is -2.32. The number of ether oxygens (including phenoxy) is 1. The lowest BCUT2D eigenvalue weighted by Gasteiger charge is -2.23. The normalized spacial score (nSPS) is 14.4. The van der Waals surface area contributed by atoms with Crippen LogP contribution in [0.15, 0.2) is 12.1 Å². The van der Waals surface area contributed by atoms with Crippen molar-refractivity contribution in [3.8, 4) is 5.75 Å². The lowest BCUT2D eigenvalue weighted by molar-refractivity contribution is -0.116. The number of hydrogen-bond acceptors (Lipinski definition) is 5. The third kappa shape index (κ3) is 5.61. The van der Waals surface area contributed by atoms with Crippen LogP contribution in [-0.4, -0.2) is 43.3 Å². The molecule has 1 aliphatic heterocycles. The monoisotopic (exact) mass is 350 g/mol. The molecule has 0 spiro atoms. The van der Waals surface area contributed by atoms with Gasteiger partial charge in [-0.2, -0.15) is 0 Å². The molecule has 1 aliphatic rings. The Morgan fingerprint density at radius 1 is 1.44 bits per heavy atom. The van der Waals surface area contributed by atoms with Gasteiger partial charge in [-0.1, -0.05) is 6.92 Å². The van der Waals surface area contributed by atoms with Crippen molar-refractivity contribution in [2.45, 2.75) is 26.2 Å². The first-order valence-electron chi connectivity index (χ1n) is 8.47. The SMILES string of the molecule is CC(CO)CNCCCOc1ccc(NC(N)=O)c2c1CCC(=O)N2. The second-order valence-electron chi connectivity index (χ2n) is 6.20. The fourth-order valence-corrected chi connectivity index (χ4v) is 2.62. The maximum absolute atomic E-state index is 11.7. The summed E-state index contributed by atoms with van der Waals surface area (Å²) in [7, 11) is 0. The molecular weight excluding hydrogens is 324 g/mol. The Morgan fingerprint density at radius 2 is 2.24 bits per heavy atom. The lowest BCUT2D eigenvalue weighted by Crippen LogP contribution is -2.26. The van der Waals surface area contributed by atoms with Gasteiger partial charge in [-0.15, -0.1) is 0 Å². The van der Waals surface area contributed by atoms with E-state index in [4.69, 9.17) is 15.6 Å². The Kier molecular flexibility index (Phi) is 7.03. The zero-order chi connectivity index (χ0) is 18.2. The predicted molar refractivity (Wildman–Crippen MR) is 95.8 cm³/mol. The first-order chi connectivity index (χ1) is 12.0. The van der Waals surface area contributed by atoms with Gasteiger partial charge >= 0.3 is 6.03 Å². The van der Waals surface area contributed by atoms with E-state index in [-0.39, 0.29) is 18.4 Å². The number of aliphatic hydroxyl groups is 1. The molecule has 3 amide bonds. The van der Waals surface area contributed by atoms with Crippen molar-refractivity contribution < 1.29 is 19.4 Å². The quantitative estimate of drug-likeness (QED) is 0.426. The number of carbonyl (C=O) groups is 2. The van der Waals surface area contributed by atoms with Crippen molar-refractivity contribution in [3.05, 3.63) is 17.7 Å². The van der Waals surface area contributed by atoms with E-state index in [1.165, 1.54) is 0 Å². The van der Waals surface area contributed by atoms with Crippen LogP contribution in [0.1, 0.15) is 25.3 Å². The van der Waals surface area contributed by atoms with E-state index in [0.29, 0.717) is 36.6 Å². The molecule has 138 valence electrons. The van der Waals surface area contributed by atoms with Crippen LogP contribution in [0, 0.1) is 5.92 Å². The van der Waals surface area contributed by atoms with E-state index in [1.807, 2.05) is 6.92 Å². The minimum atomic E-state index is -0.682. The fourth-order valence-electron chi connectivity index (χ4n) is 2.62. The van der Waals surface area contributed by atoms with Crippen molar-refractivity contribution in [3.63, 3.8) is 0 Å². The van der Waals surface area contributed by atoms with Gasteiger partial charge in [-0.25, -0.2) is 4.79 Å². The number of primary amides is 1. The molecule has 1 atom stereocenters. The highest BCUT2D eigenvalue weighted by atomic mass is 16.5. The molecule has 8 heteroatoms. The summed E-state index contributed by atoms with van der Waals surface area (Å²) in [6.45, 7) is 4.25. The van der Waals surface area contributed by atoms with Crippen molar-refractivity contribution in [1.29, 1.82) is 0 Å². The average molecular weight is 350 g/mol. The van der Waals surface area contributed by atoms with E-state index < -0.39 is 6.03 Å². The lowest BCUT2D eigenvalue weighted by atomic mass is 10.0. The van der Waals surface area contributed by atoms with Crippen LogP contribution in [-0.2, 0) is 11.2 Å². The number of carbonyl (C=O) groups excluding carboxylic acids is 2. The Labute approximate surface area is 147 Å². The minimum absolute atomic E-state index is 0.0978. The van der Waals surface area contributed by atoms with Crippen LogP contribution in [0.4, 0.5) is 16.2 Å². The molecule has 0 saturated carbocycles. The average Bonchev–Trinajstić information content (AvgIpc) is 2.58. The molecule has 25 heavy (non-hydrogen) atoms. The first-order valence-corrected chi connectivity index (χ1v) is 8.47. The van der Waals surface area contributed by atoms with Gasteiger partial charge in [0.2, 0.25) is 5.91 Å². The standard InChI is InChI=1S/C17H26N4O4/c1-11(10-22)9-19-7-2-8-25-14-5-4-13(20-17(18)24)16-12(14)3-6-15(23)21-16/h4-5,11,19,22H,2-3,6-10H2,1H3,(H,21,23)(H3,18,20,24). The summed E-state index contributed by atoms with van der Waals surface area (Å²) >= 11 is 0. The van der Waals surface area contributed by atoms with Gasteiger partial charge in [0.05, 0.1) is 18.0 Å². The first kappa shape index (κ1) is 19.0. The molecule has 2 rings (SSSR count). The highest BCUT2D eigenvalue weighted by Crippen LogP contribution is 2.37. The van der Waals surface area contributed by atoms with Crippen LogP contribution < -0.4 is 26.4 Å². The molecule has 0 aromatic heterocycles. The zero-order valence-corrected chi connectivity index (χ0v) is 14.4. The van der Waals surface area contributed by atoms with Gasteiger partial charge in [0.25, 0.3) is 0 Å². The number of urea groups is 1. The van der Waals surface area contributed by atoms with E-state index in [1.54, 1.807) is 12.1 Å². The highest BCUT2D eigenvalue weighted by Gasteiger charge is 2.22. The van der Waals surface area contributed by atoms with Crippen LogP contribution in [0.5, 0.6) is 5.75 Å². The Balaban J connectivity index is 1.94. The fraction of sp³-hybridized carbons (Fsp3) is 0.529.